The maximum absolute atomic E-state index is 14.7. The molecule has 0 heterocycles. The Morgan fingerprint density at radius 3 is 2.05 bits per heavy atom. The summed E-state index contributed by atoms with van der Waals surface area (Å²) in [5, 5.41) is 15.6. The maximum Gasteiger partial charge on any atom is 0.408 e. The molecule has 0 aromatic heterocycles. The van der Waals surface area contributed by atoms with Gasteiger partial charge in [-0.15, -0.1) is 0 Å². The average Bonchev–Trinajstić information content (AvgIpc) is 2.95. The van der Waals surface area contributed by atoms with Gasteiger partial charge in [0.05, 0.1) is 0 Å². The average molecular weight is 588 g/mol. The number of carbonyl (C=O) groups excluding carboxylic acids is 3. The summed E-state index contributed by atoms with van der Waals surface area (Å²) in [6.07, 6.45) is -0.0145. The number of rotatable bonds is 11. The molecule has 0 fully saturated rings. The first-order valence-corrected chi connectivity index (χ1v) is 14.8. The number of hydrogen-bond acceptors (Lipinski definition) is 5. The van der Waals surface area contributed by atoms with Crippen molar-refractivity contribution >= 4 is 17.9 Å². The molecule has 3 aromatic carbocycles. The van der Waals surface area contributed by atoms with Crippen molar-refractivity contribution in [2.45, 2.75) is 91.6 Å². The van der Waals surface area contributed by atoms with Gasteiger partial charge in [0.1, 0.15) is 23.4 Å². The van der Waals surface area contributed by atoms with E-state index in [1.807, 2.05) is 76.2 Å². The fourth-order valence-electron chi connectivity index (χ4n) is 5.03. The summed E-state index contributed by atoms with van der Waals surface area (Å²) in [6.45, 7) is 13.3. The van der Waals surface area contributed by atoms with Crippen LogP contribution in [0.2, 0.25) is 0 Å². The zero-order valence-corrected chi connectivity index (χ0v) is 26.3. The van der Waals surface area contributed by atoms with Gasteiger partial charge < -0.3 is 25.4 Å². The van der Waals surface area contributed by atoms with Crippen molar-refractivity contribution in [3.05, 3.63) is 101 Å². The Labute approximate surface area is 255 Å². The van der Waals surface area contributed by atoms with E-state index in [0.717, 1.165) is 27.8 Å². The number of ether oxygens (including phenoxy) is 1. The zero-order valence-electron chi connectivity index (χ0n) is 26.3. The molecule has 0 aliphatic carbocycles. The van der Waals surface area contributed by atoms with Gasteiger partial charge >= 0.3 is 6.09 Å². The van der Waals surface area contributed by atoms with Gasteiger partial charge in [0.2, 0.25) is 11.8 Å². The van der Waals surface area contributed by atoms with Crippen molar-refractivity contribution in [2.24, 2.45) is 0 Å². The maximum atomic E-state index is 14.7. The minimum Gasteiger partial charge on any atom is -0.508 e. The smallest absolute Gasteiger partial charge is 0.408 e. The number of nitrogens with one attached hydrogen (secondary N) is 2. The summed E-state index contributed by atoms with van der Waals surface area (Å²) in [7, 11) is 0. The minimum atomic E-state index is -1.04. The van der Waals surface area contributed by atoms with Crippen LogP contribution in [0.25, 0.3) is 0 Å². The van der Waals surface area contributed by atoms with Crippen LogP contribution in [0.5, 0.6) is 5.75 Å². The number of phenolic OH excluding ortho intramolecular Hbond substituents is 1. The first-order chi connectivity index (χ1) is 20.3. The number of phenols is 1. The van der Waals surface area contributed by atoms with Crippen LogP contribution in [0.4, 0.5) is 4.79 Å². The third-order valence-electron chi connectivity index (χ3n) is 7.34. The van der Waals surface area contributed by atoms with Crippen LogP contribution in [0.15, 0.2) is 72.8 Å². The highest BCUT2D eigenvalue weighted by atomic mass is 16.6. The first kappa shape index (κ1) is 33.2. The summed E-state index contributed by atoms with van der Waals surface area (Å²) in [5.74, 6) is -0.621. The fraction of sp³-hybridized carbons (Fsp3) is 0.400. The lowest BCUT2D eigenvalue weighted by Crippen LogP contribution is -2.56. The zero-order chi connectivity index (χ0) is 31.7. The molecule has 0 bridgehead atoms. The van der Waals surface area contributed by atoms with Crippen LogP contribution in [0, 0.1) is 13.8 Å². The SMILES string of the molecule is CCC(C)N(C(=O)C(Cc1ccc(O)cc1)NC(=O)OC(C)(C)C)C(C(=O)NCc1ccccc1)c1c(C)cccc1C. The number of benzene rings is 3. The predicted octanol–water partition coefficient (Wildman–Crippen LogP) is 6.13. The molecule has 0 spiro atoms. The number of hydrogen-bond donors (Lipinski definition) is 3. The van der Waals surface area contributed by atoms with E-state index in [2.05, 4.69) is 10.6 Å². The van der Waals surface area contributed by atoms with Crippen molar-refractivity contribution in [1.82, 2.24) is 15.5 Å². The lowest BCUT2D eigenvalue weighted by atomic mass is 9.92. The molecule has 0 aliphatic rings. The van der Waals surface area contributed by atoms with Gasteiger partial charge in [-0.1, -0.05) is 67.6 Å². The largest absolute Gasteiger partial charge is 0.508 e. The molecule has 3 unspecified atom stereocenters. The van der Waals surface area contributed by atoms with E-state index in [1.54, 1.807) is 37.8 Å². The summed E-state index contributed by atoms with van der Waals surface area (Å²) >= 11 is 0. The van der Waals surface area contributed by atoms with Crippen molar-refractivity contribution in [3.63, 3.8) is 0 Å². The van der Waals surface area contributed by atoms with Gasteiger partial charge in [0, 0.05) is 19.0 Å². The molecule has 0 saturated carbocycles. The molecule has 3 amide bonds. The number of alkyl carbamates (subject to hydrolysis) is 1. The second-order valence-corrected chi connectivity index (χ2v) is 12.0. The van der Waals surface area contributed by atoms with Crippen molar-refractivity contribution < 1.29 is 24.2 Å². The monoisotopic (exact) mass is 587 g/mol. The molecule has 43 heavy (non-hydrogen) atoms. The fourth-order valence-corrected chi connectivity index (χ4v) is 5.03. The van der Waals surface area contributed by atoms with Crippen molar-refractivity contribution in [1.29, 1.82) is 0 Å². The Kier molecular flexibility index (Phi) is 11.4. The van der Waals surface area contributed by atoms with Crippen molar-refractivity contribution in [2.75, 3.05) is 0 Å². The van der Waals surface area contributed by atoms with E-state index in [0.29, 0.717) is 13.0 Å². The minimum absolute atomic E-state index is 0.0955. The number of carbonyl (C=O) groups is 3. The molecule has 3 aromatic rings. The lowest BCUT2D eigenvalue weighted by molar-refractivity contribution is -0.145. The van der Waals surface area contributed by atoms with Crippen LogP contribution in [0.3, 0.4) is 0 Å². The highest BCUT2D eigenvalue weighted by molar-refractivity contribution is 5.93. The van der Waals surface area contributed by atoms with E-state index in [4.69, 9.17) is 4.74 Å². The molecular formula is C35H45N3O5. The number of amides is 3. The molecule has 0 saturated heterocycles. The Balaban J connectivity index is 2.09. The topological polar surface area (TPSA) is 108 Å². The van der Waals surface area contributed by atoms with Crippen LogP contribution in [-0.4, -0.2) is 45.6 Å². The standard InChI is InChI=1S/C35H45N3O5/c1-8-25(4)38(33(41)29(37-34(42)43-35(5,6)7)21-26-17-19-28(39)20-18-26)31(30-23(2)13-12-14-24(30)3)32(40)36-22-27-15-10-9-11-16-27/h9-20,25,29,31,39H,8,21-22H2,1-7H3,(H,36,40)(H,37,42). The molecule has 3 N–H and O–H groups in total. The third kappa shape index (κ3) is 9.33. The van der Waals surface area contributed by atoms with Crippen LogP contribution >= 0.6 is 0 Å². The molecule has 0 radical (unpaired) electrons. The van der Waals surface area contributed by atoms with E-state index in [1.165, 1.54) is 12.1 Å². The molecular weight excluding hydrogens is 542 g/mol. The highest BCUT2D eigenvalue weighted by Gasteiger charge is 2.39. The van der Waals surface area contributed by atoms with Gasteiger partial charge in [-0.2, -0.15) is 0 Å². The van der Waals surface area contributed by atoms with E-state index < -0.39 is 29.7 Å². The lowest BCUT2D eigenvalue weighted by Gasteiger charge is -2.39. The number of aromatic hydroxyl groups is 1. The number of nitrogens with zero attached hydrogens (tertiary/aromatic N) is 1. The Hall–Kier alpha value is -4.33. The highest BCUT2D eigenvalue weighted by Crippen LogP contribution is 2.31. The quantitative estimate of drug-likeness (QED) is 0.250. The third-order valence-corrected chi connectivity index (χ3v) is 7.34. The predicted molar refractivity (Wildman–Crippen MR) is 169 cm³/mol. The van der Waals surface area contributed by atoms with Gasteiger partial charge in [-0.25, -0.2) is 4.79 Å². The second-order valence-electron chi connectivity index (χ2n) is 12.0. The summed E-state index contributed by atoms with van der Waals surface area (Å²) in [4.78, 5) is 43.4. The molecule has 230 valence electrons. The first-order valence-electron chi connectivity index (χ1n) is 14.8. The molecule has 8 heteroatoms. The summed E-state index contributed by atoms with van der Waals surface area (Å²) in [6, 6.07) is 19.6. The van der Waals surface area contributed by atoms with E-state index in [9.17, 15) is 19.5 Å². The normalized spacial score (nSPS) is 13.4. The number of aryl methyl sites for hydroxylation is 2. The molecule has 3 atom stereocenters. The van der Waals surface area contributed by atoms with Crippen LogP contribution < -0.4 is 10.6 Å². The molecule has 3 rings (SSSR count). The second kappa shape index (κ2) is 14.7. The summed E-state index contributed by atoms with van der Waals surface area (Å²) < 4.78 is 5.52. The van der Waals surface area contributed by atoms with E-state index >= 15 is 0 Å². The van der Waals surface area contributed by atoms with Gasteiger partial charge in [0.25, 0.3) is 0 Å². The molecule has 8 nitrogen and oxygen atoms in total. The van der Waals surface area contributed by atoms with Gasteiger partial charge in [0.15, 0.2) is 0 Å². The van der Waals surface area contributed by atoms with Gasteiger partial charge in [-0.3, -0.25) is 9.59 Å². The van der Waals surface area contributed by atoms with Crippen LogP contribution in [0.1, 0.15) is 74.9 Å². The summed E-state index contributed by atoms with van der Waals surface area (Å²) in [5.41, 5.74) is 3.42. The van der Waals surface area contributed by atoms with Gasteiger partial charge in [-0.05, 0) is 87.9 Å². The molecule has 0 aliphatic heterocycles. The van der Waals surface area contributed by atoms with Crippen LogP contribution in [-0.2, 0) is 27.3 Å². The Bertz CT molecular complexity index is 1360. The van der Waals surface area contributed by atoms with Crippen molar-refractivity contribution in [3.8, 4) is 5.75 Å². The Morgan fingerprint density at radius 2 is 1.49 bits per heavy atom. The van der Waals surface area contributed by atoms with E-state index in [-0.39, 0.29) is 24.1 Å². The Morgan fingerprint density at radius 1 is 0.884 bits per heavy atom.